The summed E-state index contributed by atoms with van der Waals surface area (Å²) in [5.41, 5.74) is 0. The molecular formula is C54H92O6. The summed E-state index contributed by atoms with van der Waals surface area (Å²) in [5.74, 6) is -1.00. The Kier molecular flexibility index (Phi) is 46.0. The molecule has 0 bridgehead atoms. The second-order valence-electron chi connectivity index (χ2n) is 16.4. The predicted octanol–water partition coefficient (Wildman–Crippen LogP) is 16.3. The fourth-order valence-corrected chi connectivity index (χ4v) is 6.72. The van der Waals surface area contributed by atoms with Crippen LogP contribution >= 0.6 is 0 Å². The summed E-state index contributed by atoms with van der Waals surface area (Å²) in [7, 11) is 0. The largest absolute Gasteiger partial charge is 0.462 e. The number of esters is 3. The number of carbonyl (C=O) groups is 3. The minimum absolute atomic E-state index is 0.105. The number of unbranched alkanes of at least 4 members (excludes halogenated alkanes) is 23. The average Bonchev–Trinajstić information content (AvgIpc) is 3.24. The Morgan fingerprint density at radius 1 is 0.367 bits per heavy atom. The van der Waals surface area contributed by atoms with Gasteiger partial charge in [-0.05, 0) is 83.5 Å². The van der Waals surface area contributed by atoms with E-state index in [2.05, 4.69) is 87.6 Å². The van der Waals surface area contributed by atoms with Gasteiger partial charge in [-0.15, -0.1) is 0 Å². The van der Waals surface area contributed by atoms with Gasteiger partial charge >= 0.3 is 17.9 Å². The van der Waals surface area contributed by atoms with Crippen LogP contribution in [0, 0.1) is 0 Å². The Morgan fingerprint density at radius 3 is 1.27 bits per heavy atom. The third-order valence-electron chi connectivity index (χ3n) is 10.5. The topological polar surface area (TPSA) is 78.9 Å². The van der Waals surface area contributed by atoms with E-state index in [-0.39, 0.29) is 37.5 Å². The first kappa shape index (κ1) is 56.9. The molecule has 1 atom stereocenters. The van der Waals surface area contributed by atoms with Gasteiger partial charge in [0.15, 0.2) is 6.10 Å². The zero-order valence-corrected chi connectivity index (χ0v) is 39.2. The van der Waals surface area contributed by atoms with Crippen LogP contribution in [0.4, 0.5) is 0 Å². The van der Waals surface area contributed by atoms with Gasteiger partial charge in [0.1, 0.15) is 13.2 Å². The molecule has 0 radical (unpaired) electrons. The maximum atomic E-state index is 12.8. The molecular weight excluding hydrogens is 745 g/mol. The molecule has 0 aliphatic heterocycles. The smallest absolute Gasteiger partial charge is 0.306 e. The lowest BCUT2D eigenvalue weighted by molar-refractivity contribution is -0.166. The van der Waals surface area contributed by atoms with Gasteiger partial charge in [-0.2, -0.15) is 0 Å². The highest BCUT2D eigenvalue weighted by atomic mass is 16.6. The molecule has 0 spiro atoms. The van der Waals surface area contributed by atoms with Gasteiger partial charge in [0.05, 0.1) is 0 Å². The summed E-state index contributed by atoms with van der Waals surface area (Å²) < 4.78 is 16.7. The van der Waals surface area contributed by atoms with Crippen molar-refractivity contribution >= 4 is 17.9 Å². The number of carbonyl (C=O) groups excluding carboxylic acids is 3. The number of hydrogen-bond donors (Lipinski definition) is 0. The van der Waals surface area contributed by atoms with Crippen molar-refractivity contribution < 1.29 is 28.6 Å². The summed E-state index contributed by atoms with van der Waals surface area (Å²) in [5, 5.41) is 0. The van der Waals surface area contributed by atoms with Crippen molar-refractivity contribution in [2.45, 2.75) is 239 Å². The number of hydrogen-bond acceptors (Lipinski definition) is 6. The highest BCUT2D eigenvalue weighted by molar-refractivity contribution is 5.71. The average molecular weight is 837 g/mol. The molecule has 0 fully saturated rings. The van der Waals surface area contributed by atoms with Crippen LogP contribution in [-0.4, -0.2) is 37.2 Å². The lowest BCUT2D eigenvalue weighted by atomic mass is 10.1. The molecule has 0 saturated heterocycles. The quantitative estimate of drug-likeness (QED) is 0.0200. The summed E-state index contributed by atoms with van der Waals surface area (Å²) in [6.45, 7) is 6.41. The Hall–Kier alpha value is -3.15. The monoisotopic (exact) mass is 837 g/mol. The van der Waals surface area contributed by atoms with E-state index in [9.17, 15) is 14.4 Å². The van der Waals surface area contributed by atoms with Gasteiger partial charge in [0.2, 0.25) is 0 Å². The summed E-state index contributed by atoms with van der Waals surface area (Å²) >= 11 is 0. The van der Waals surface area contributed by atoms with E-state index in [0.717, 1.165) is 77.0 Å². The van der Waals surface area contributed by atoms with Gasteiger partial charge in [-0.25, -0.2) is 0 Å². The normalized spacial score (nSPS) is 12.7. The minimum atomic E-state index is -0.809. The van der Waals surface area contributed by atoms with Crippen LogP contribution in [0.15, 0.2) is 72.9 Å². The fraction of sp³-hybridized carbons (Fsp3) is 0.722. The third-order valence-corrected chi connectivity index (χ3v) is 10.5. The zero-order chi connectivity index (χ0) is 43.7. The Morgan fingerprint density at radius 2 is 0.750 bits per heavy atom. The van der Waals surface area contributed by atoms with E-state index >= 15 is 0 Å². The van der Waals surface area contributed by atoms with E-state index in [4.69, 9.17) is 14.2 Å². The third kappa shape index (κ3) is 45.9. The summed E-state index contributed by atoms with van der Waals surface area (Å²) in [4.78, 5) is 37.9. The van der Waals surface area contributed by atoms with E-state index < -0.39 is 6.10 Å². The molecule has 0 N–H and O–H groups in total. The van der Waals surface area contributed by atoms with Crippen molar-refractivity contribution in [1.82, 2.24) is 0 Å². The first-order valence-corrected chi connectivity index (χ1v) is 25.0. The molecule has 1 unspecified atom stereocenters. The Bertz CT molecular complexity index is 1140. The van der Waals surface area contributed by atoms with Gasteiger partial charge < -0.3 is 14.2 Å². The van der Waals surface area contributed by atoms with E-state index in [0.29, 0.717) is 19.3 Å². The summed E-state index contributed by atoms with van der Waals surface area (Å²) in [6, 6.07) is 0. The Labute approximate surface area is 370 Å². The SMILES string of the molecule is CC/C=C/C=C/C=C/CCCCCCCCCC(=O)OCC(COC(=O)CC/C=C/C/C=C/CCCCCCCC)OC(=O)CCCCC/C=C/CCCCCCCCC. The van der Waals surface area contributed by atoms with Gasteiger partial charge in [0.25, 0.3) is 0 Å². The summed E-state index contributed by atoms with van der Waals surface area (Å²) in [6.07, 6.45) is 60.4. The molecule has 0 aromatic carbocycles. The molecule has 0 saturated carbocycles. The van der Waals surface area contributed by atoms with Crippen LogP contribution in [0.25, 0.3) is 0 Å². The van der Waals surface area contributed by atoms with Crippen molar-refractivity contribution in [3.8, 4) is 0 Å². The minimum Gasteiger partial charge on any atom is -0.462 e. The molecule has 0 aliphatic rings. The maximum absolute atomic E-state index is 12.8. The van der Waals surface area contributed by atoms with Gasteiger partial charge in [-0.1, -0.05) is 203 Å². The second-order valence-corrected chi connectivity index (χ2v) is 16.4. The van der Waals surface area contributed by atoms with Crippen LogP contribution in [0.2, 0.25) is 0 Å². The van der Waals surface area contributed by atoms with Crippen molar-refractivity contribution in [2.24, 2.45) is 0 Å². The predicted molar refractivity (Wildman–Crippen MR) is 256 cm³/mol. The van der Waals surface area contributed by atoms with Crippen LogP contribution in [0.5, 0.6) is 0 Å². The molecule has 0 heterocycles. The number of allylic oxidation sites excluding steroid dienone is 12. The van der Waals surface area contributed by atoms with E-state index in [1.165, 1.54) is 109 Å². The number of rotatable bonds is 44. The molecule has 0 amide bonds. The first-order valence-electron chi connectivity index (χ1n) is 25.0. The van der Waals surface area contributed by atoms with Crippen molar-refractivity contribution in [3.63, 3.8) is 0 Å². The van der Waals surface area contributed by atoms with Crippen molar-refractivity contribution in [1.29, 1.82) is 0 Å². The lowest BCUT2D eigenvalue weighted by Crippen LogP contribution is -2.30. The number of ether oxygens (including phenoxy) is 3. The highest BCUT2D eigenvalue weighted by Gasteiger charge is 2.19. The van der Waals surface area contributed by atoms with Gasteiger partial charge in [0, 0.05) is 19.3 Å². The Balaban J connectivity index is 4.48. The molecule has 6 heteroatoms. The second kappa shape index (κ2) is 48.5. The van der Waals surface area contributed by atoms with E-state index in [1.807, 2.05) is 6.08 Å². The molecule has 0 aromatic rings. The van der Waals surface area contributed by atoms with Gasteiger partial charge in [-0.3, -0.25) is 14.4 Å². The molecule has 0 aliphatic carbocycles. The molecule has 344 valence electrons. The van der Waals surface area contributed by atoms with Crippen molar-refractivity contribution in [2.75, 3.05) is 13.2 Å². The zero-order valence-electron chi connectivity index (χ0n) is 39.2. The lowest BCUT2D eigenvalue weighted by Gasteiger charge is -2.18. The van der Waals surface area contributed by atoms with Crippen LogP contribution in [0.1, 0.15) is 233 Å². The van der Waals surface area contributed by atoms with Crippen molar-refractivity contribution in [3.05, 3.63) is 72.9 Å². The van der Waals surface area contributed by atoms with Crippen LogP contribution in [-0.2, 0) is 28.6 Å². The molecule has 6 nitrogen and oxygen atoms in total. The molecule has 0 rings (SSSR count). The van der Waals surface area contributed by atoms with E-state index in [1.54, 1.807) is 0 Å². The molecule has 0 aromatic heterocycles. The molecule has 60 heavy (non-hydrogen) atoms. The standard InChI is InChI=1S/C54H92O6/c1-4-7-10-13-16-19-22-25-27-30-32-35-38-41-44-47-53(56)59-50-51(49-58-52(55)46-43-40-37-34-31-28-24-21-18-15-12-9-6-3)60-54(57)48-45-42-39-36-33-29-26-23-20-17-14-11-8-5-2/h7,10,13,16,19,22,28-29,31,33,37,40,51H,4-6,8-9,11-12,14-15,17-18,20-21,23-27,30,32,34-36,38-39,41-50H2,1-3H3/b10-7+,16-13+,22-19+,31-28+,33-29+,40-37+. The van der Waals surface area contributed by atoms with Crippen LogP contribution < -0.4 is 0 Å². The highest BCUT2D eigenvalue weighted by Crippen LogP contribution is 2.13. The first-order chi connectivity index (χ1) is 29.5. The maximum Gasteiger partial charge on any atom is 0.306 e. The van der Waals surface area contributed by atoms with Crippen LogP contribution in [0.3, 0.4) is 0 Å². The fourth-order valence-electron chi connectivity index (χ4n) is 6.72.